The van der Waals surface area contributed by atoms with E-state index in [1.54, 1.807) is 18.2 Å². The normalized spacial score (nSPS) is 12.7. The van der Waals surface area contributed by atoms with Crippen LogP contribution < -0.4 is 0 Å². The topological polar surface area (TPSA) is 80.5 Å². The Balaban J connectivity index is 1.74. The van der Waals surface area contributed by atoms with Gasteiger partial charge in [0.15, 0.2) is 11.6 Å². The number of hydrogen-bond acceptors (Lipinski definition) is 6. The van der Waals surface area contributed by atoms with E-state index in [0.29, 0.717) is 28.3 Å². The average Bonchev–Trinajstić information content (AvgIpc) is 3.16. The van der Waals surface area contributed by atoms with Crippen LogP contribution in [0.3, 0.4) is 0 Å². The molecule has 2 heterocycles. The zero-order valence-corrected chi connectivity index (χ0v) is 13.8. The largest absolute Gasteiger partial charge is 0.338 e. The summed E-state index contributed by atoms with van der Waals surface area (Å²) >= 11 is 1.37. The van der Waals surface area contributed by atoms with Crippen molar-refractivity contribution in [2.24, 2.45) is 0 Å². The smallest absolute Gasteiger partial charge is 0.239 e. The van der Waals surface area contributed by atoms with Crippen LogP contribution in [0.25, 0.3) is 11.4 Å². The molecule has 0 bridgehead atoms. The molecule has 1 atom stereocenters. The first-order valence-electron chi connectivity index (χ1n) is 7.22. The second-order valence-electron chi connectivity index (χ2n) is 5.35. The number of hydrogen-bond donors (Lipinski definition) is 1. The summed E-state index contributed by atoms with van der Waals surface area (Å²) in [4.78, 5) is 8.68. The second kappa shape index (κ2) is 6.49. The maximum atomic E-state index is 13.8. The predicted molar refractivity (Wildman–Crippen MR) is 84.4 cm³/mol. The van der Waals surface area contributed by atoms with Crippen LogP contribution in [0.15, 0.2) is 33.9 Å². The standard InChI is InChI=1S/C15H16FN5OS/c1-8(2)12-17-14(22-21-12)9(3)23-15-18-13(19-20-15)10-6-4-5-7-11(10)16/h4-9H,1-3H3,(H,18,19,20)/t9-/m1/s1. The number of aromatic nitrogens is 5. The molecule has 0 saturated carbocycles. The van der Waals surface area contributed by atoms with Crippen LogP contribution in [-0.2, 0) is 0 Å². The number of benzene rings is 1. The number of rotatable bonds is 5. The Morgan fingerprint density at radius 3 is 2.65 bits per heavy atom. The summed E-state index contributed by atoms with van der Waals surface area (Å²) in [6.45, 7) is 5.94. The minimum absolute atomic E-state index is 0.0979. The summed E-state index contributed by atoms with van der Waals surface area (Å²) in [5.41, 5.74) is 0.388. The Hall–Kier alpha value is -2.22. The van der Waals surface area contributed by atoms with Crippen molar-refractivity contribution in [3.63, 3.8) is 0 Å². The third-order valence-corrected chi connectivity index (χ3v) is 4.15. The van der Waals surface area contributed by atoms with Crippen LogP contribution >= 0.6 is 11.8 Å². The van der Waals surface area contributed by atoms with Crippen LogP contribution in [0, 0.1) is 5.82 Å². The minimum atomic E-state index is -0.341. The van der Waals surface area contributed by atoms with Gasteiger partial charge in [-0.15, -0.1) is 5.10 Å². The lowest BCUT2D eigenvalue weighted by molar-refractivity contribution is 0.373. The van der Waals surface area contributed by atoms with Crippen LogP contribution in [-0.4, -0.2) is 25.3 Å². The molecule has 0 aliphatic heterocycles. The van der Waals surface area contributed by atoms with Crippen molar-refractivity contribution in [2.45, 2.75) is 37.1 Å². The molecule has 2 aromatic heterocycles. The lowest BCUT2D eigenvalue weighted by Gasteiger charge is -2.01. The van der Waals surface area contributed by atoms with Crippen LogP contribution in [0.2, 0.25) is 0 Å². The summed E-state index contributed by atoms with van der Waals surface area (Å²) in [7, 11) is 0. The highest BCUT2D eigenvalue weighted by molar-refractivity contribution is 7.99. The second-order valence-corrected chi connectivity index (χ2v) is 6.66. The summed E-state index contributed by atoms with van der Waals surface area (Å²) in [6.07, 6.45) is 0. The molecule has 1 N–H and O–H groups in total. The number of H-pyrrole nitrogens is 1. The summed E-state index contributed by atoms with van der Waals surface area (Å²) in [5, 5.41) is 11.2. The van der Waals surface area contributed by atoms with Gasteiger partial charge in [0, 0.05) is 5.92 Å². The lowest BCUT2D eigenvalue weighted by atomic mass is 10.2. The van der Waals surface area contributed by atoms with Crippen molar-refractivity contribution < 1.29 is 8.91 Å². The Labute approximate surface area is 136 Å². The molecule has 0 unspecified atom stereocenters. The van der Waals surface area contributed by atoms with E-state index in [4.69, 9.17) is 4.52 Å². The van der Waals surface area contributed by atoms with Crippen molar-refractivity contribution >= 4 is 11.8 Å². The van der Waals surface area contributed by atoms with E-state index < -0.39 is 0 Å². The highest BCUT2D eigenvalue weighted by Crippen LogP contribution is 2.33. The minimum Gasteiger partial charge on any atom is -0.338 e. The number of thioether (sulfide) groups is 1. The fraction of sp³-hybridized carbons (Fsp3) is 0.333. The Morgan fingerprint density at radius 1 is 1.17 bits per heavy atom. The van der Waals surface area contributed by atoms with Gasteiger partial charge in [-0.25, -0.2) is 9.37 Å². The highest BCUT2D eigenvalue weighted by atomic mass is 32.2. The number of nitrogens with zero attached hydrogens (tertiary/aromatic N) is 4. The van der Waals surface area contributed by atoms with E-state index in [0.717, 1.165) is 0 Å². The van der Waals surface area contributed by atoms with E-state index >= 15 is 0 Å². The van der Waals surface area contributed by atoms with Gasteiger partial charge in [-0.2, -0.15) is 4.98 Å². The SMILES string of the molecule is CC(C)c1noc([C@@H](C)Sc2n[nH]c(-c3ccccc3F)n2)n1. The van der Waals surface area contributed by atoms with E-state index in [1.165, 1.54) is 17.8 Å². The van der Waals surface area contributed by atoms with Crippen molar-refractivity contribution in [2.75, 3.05) is 0 Å². The van der Waals surface area contributed by atoms with Gasteiger partial charge >= 0.3 is 0 Å². The molecule has 0 saturated heterocycles. The molecule has 0 amide bonds. The summed E-state index contributed by atoms with van der Waals surface area (Å²) in [6, 6.07) is 6.43. The van der Waals surface area contributed by atoms with E-state index in [9.17, 15) is 4.39 Å². The molecule has 23 heavy (non-hydrogen) atoms. The number of aromatic amines is 1. The molecule has 3 aromatic rings. The summed E-state index contributed by atoms with van der Waals surface area (Å²) < 4.78 is 19.0. The molecule has 0 fully saturated rings. The van der Waals surface area contributed by atoms with Crippen LogP contribution in [0.4, 0.5) is 4.39 Å². The van der Waals surface area contributed by atoms with E-state index in [-0.39, 0.29) is 17.0 Å². The van der Waals surface area contributed by atoms with Crippen molar-refractivity contribution in [3.05, 3.63) is 41.8 Å². The van der Waals surface area contributed by atoms with Crippen LogP contribution in [0.5, 0.6) is 0 Å². The quantitative estimate of drug-likeness (QED) is 0.712. The van der Waals surface area contributed by atoms with Gasteiger partial charge in [-0.3, -0.25) is 5.10 Å². The van der Waals surface area contributed by atoms with Gasteiger partial charge in [0.25, 0.3) is 0 Å². The Morgan fingerprint density at radius 2 is 1.96 bits per heavy atom. The molecule has 0 spiro atoms. The lowest BCUT2D eigenvalue weighted by Crippen LogP contribution is -1.93. The fourth-order valence-corrected chi connectivity index (χ4v) is 2.68. The fourth-order valence-electron chi connectivity index (χ4n) is 1.93. The highest BCUT2D eigenvalue weighted by Gasteiger charge is 2.19. The zero-order valence-electron chi connectivity index (χ0n) is 12.9. The molecule has 120 valence electrons. The number of halogens is 1. The van der Waals surface area contributed by atoms with Gasteiger partial charge in [-0.1, -0.05) is 42.9 Å². The van der Waals surface area contributed by atoms with Crippen molar-refractivity contribution in [1.82, 2.24) is 25.3 Å². The molecular weight excluding hydrogens is 317 g/mol. The van der Waals surface area contributed by atoms with Gasteiger partial charge in [-0.05, 0) is 19.1 Å². The molecule has 0 aliphatic rings. The maximum Gasteiger partial charge on any atom is 0.239 e. The predicted octanol–water partition coefficient (Wildman–Crippen LogP) is 3.97. The van der Waals surface area contributed by atoms with Gasteiger partial charge in [0.05, 0.1) is 10.8 Å². The number of nitrogens with one attached hydrogen (secondary N) is 1. The van der Waals surface area contributed by atoms with E-state index in [2.05, 4.69) is 25.3 Å². The van der Waals surface area contributed by atoms with Gasteiger partial charge < -0.3 is 4.52 Å². The van der Waals surface area contributed by atoms with Gasteiger partial charge in [0.1, 0.15) is 5.82 Å². The molecular formula is C15H16FN5OS. The first kappa shape index (κ1) is 15.7. The maximum absolute atomic E-state index is 13.8. The third-order valence-electron chi connectivity index (χ3n) is 3.20. The van der Waals surface area contributed by atoms with E-state index in [1.807, 2.05) is 20.8 Å². The zero-order chi connectivity index (χ0) is 16.4. The molecule has 8 heteroatoms. The van der Waals surface area contributed by atoms with Gasteiger partial charge in [0.2, 0.25) is 11.0 Å². The average molecular weight is 333 g/mol. The monoisotopic (exact) mass is 333 g/mol. The first-order chi connectivity index (χ1) is 11.0. The molecule has 0 aliphatic carbocycles. The van der Waals surface area contributed by atoms with Crippen molar-refractivity contribution in [1.29, 1.82) is 0 Å². The molecule has 3 rings (SSSR count). The third kappa shape index (κ3) is 3.42. The Kier molecular flexibility index (Phi) is 4.42. The molecule has 0 radical (unpaired) electrons. The Bertz CT molecular complexity index is 801. The first-order valence-corrected chi connectivity index (χ1v) is 8.10. The molecule has 6 nitrogen and oxygen atoms in total. The summed E-state index contributed by atoms with van der Waals surface area (Å²) in [5.74, 6) is 1.46. The molecule has 1 aromatic carbocycles. The van der Waals surface area contributed by atoms with Crippen LogP contribution in [0.1, 0.15) is 43.7 Å². The van der Waals surface area contributed by atoms with Crippen molar-refractivity contribution in [3.8, 4) is 11.4 Å².